The van der Waals surface area contributed by atoms with Crippen molar-refractivity contribution in [2.24, 2.45) is 0 Å². The molecule has 2 aromatic heterocycles. The van der Waals surface area contributed by atoms with E-state index in [2.05, 4.69) is 9.97 Å². The maximum Gasteiger partial charge on any atom is 0.169 e. The van der Waals surface area contributed by atoms with Gasteiger partial charge in [-0.05, 0) is 12.8 Å². The van der Waals surface area contributed by atoms with Gasteiger partial charge in [0.2, 0.25) is 0 Å². The van der Waals surface area contributed by atoms with Crippen LogP contribution in [0.25, 0.3) is 0 Å². The number of aromatic nitrogens is 2. The topological polar surface area (TPSA) is 161 Å². The first-order chi connectivity index (χ1) is 10.4. The number of anilines is 2. The van der Waals surface area contributed by atoms with E-state index in [1.165, 1.54) is 0 Å². The molecule has 8 nitrogen and oxygen atoms in total. The Balaban J connectivity index is 0.000000301. The number of hydrogen-bond donors (Lipinski definition) is 2. The third-order valence-corrected chi connectivity index (χ3v) is 2.02. The summed E-state index contributed by atoms with van der Waals surface area (Å²) < 4.78 is 0. The van der Waals surface area contributed by atoms with Crippen LogP contribution in [0.4, 0.5) is 11.4 Å². The molecule has 0 fully saturated rings. The third-order valence-electron chi connectivity index (χ3n) is 2.02. The molecule has 0 amide bonds. The Kier molecular flexibility index (Phi) is 9.98. The number of aliphatic carboxylic acids is 2. The summed E-state index contributed by atoms with van der Waals surface area (Å²) in [5, 5.41) is 19.0. The summed E-state index contributed by atoms with van der Waals surface area (Å²) in [6, 6.07) is 7.22. The van der Waals surface area contributed by atoms with Crippen LogP contribution in [0.2, 0.25) is 0 Å². The van der Waals surface area contributed by atoms with Gasteiger partial charge in [0, 0.05) is 47.6 Å². The summed E-state index contributed by atoms with van der Waals surface area (Å²) in [5.74, 6) is -2.73. The molecule has 6 N–H and O–H groups in total. The Morgan fingerprint density at radius 2 is 1.05 bits per heavy atom. The van der Waals surface area contributed by atoms with Gasteiger partial charge in [-0.1, -0.05) is 0 Å². The van der Waals surface area contributed by atoms with Crippen molar-refractivity contribution in [3.05, 3.63) is 49.1 Å². The second-order valence-corrected chi connectivity index (χ2v) is 3.91. The summed E-state index contributed by atoms with van der Waals surface area (Å²) in [6.07, 6.45) is 6.21. The van der Waals surface area contributed by atoms with Crippen LogP contribution in [-0.4, -0.2) is 11.9 Å². The fourth-order valence-electron chi connectivity index (χ4n) is 1.00. The molecule has 0 aliphatic heterocycles. The van der Waals surface area contributed by atoms with E-state index in [-0.39, 0.29) is 0 Å². The van der Waals surface area contributed by atoms with Gasteiger partial charge in [0.25, 0.3) is 0 Å². The van der Waals surface area contributed by atoms with Crippen molar-refractivity contribution in [3.63, 3.8) is 0 Å². The van der Waals surface area contributed by atoms with E-state index in [0.717, 1.165) is 11.4 Å². The molecule has 0 spiro atoms. The van der Waals surface area contributed by atoms with Gasteiger partial charge in [0.15, 0.2) is 24.8 Å². The molecule has 2 aromatic rings. The summed E-state index contributed by atoms with van der Waals surface area (Å²) in [4.78, 5) is 24.7. The SMILES string of the molecule is Nc1cc[nH+]cc1.Nc1cc[nH+]cc1.O=C([O-])CCC(=O)[O-]. The Morgan fingerprint density at radius 3 is 1.18 bits per heavy atom. The molecule has 0 radical (unpaired) electrons. The first kappa shape index (κ1) is 18.8. The number of rotatable bonds is 3. The highest BCUT2D eigenvalue weighted by atomic mass is 16.4. The predicted octanol–water partition coefficient (Wildman–Crippen LogP) is -2.57. The zero-order valence-corrected chi connectivity index (χ0v) is 11.8. The van der Waals surface area contributed by atoms with Gasteiger partial charge in [-0.25, -0.2) is 9.97 Å². The number of nitrogens with one attached hydrogen (secondary N) is 2. The quantitative estimate of drug-likeness (QED) is 0.633. The van der Waals surface area contributed by atoms with Crippen molar-refractivity contribution >= 4 is 23.3 Å². The number of aromatic amines is 2. The summed E-state index contributed by atoms with van der Waals surface area (Å²) in [5.41, 5.74) is 12.3. The van der Waals surface area contributed by atoms with Crippen LogP contribution in [0.5, 0.6) is 0 Å². The molecule has 0 aliphatic carbocycles. The van der Waals surface area contributed by atoms with Crippen LogP contribution in [-0.2, 0) is 9.59 Å². The average molecular weight is 306 g/mol. The maximum absolute atomic E-state index is 9.50. The number of pyridine rings is 2. The molecular formula is C14H18N4O4. The van der Waals surface area contributed by atoms with Gasteiger partial charge < -0.3 is 31.3 Å². The van der Waals surface area contributed by atoms with Crippen molar-refractivity contribution in [1.82, 2.24) is 0 Å². The first-order valence-electron chi connectivity index (χ1n) is 6.24. The van der Waals surface area contributed by atoms with E-state index >= 15 is 0 Å². The number of carboxylic acids is 2. The highest BCUT2D eigenvalue weighted by Gasteiger charge is 1.85. The Labute approximate surface area is 127 Å². The van der Waals surface area contributed by atoms with E-state index in [0.29, 0.717) is 0 Å². The summed E-state index contributed by atoms with van der Waals surface area (Å²) in [7, 11) is 0. The zero-order valence-electron chi connectivity index (χ0n) is 11.8. The van der Waals surface area contributed by atoms with Crippen LogP contribution in [0.1, 0.15) is 12.8 Å². The fraction of sp³-hybridized carbons (Fsp3) is 0.143. The van der Waals surface area contributed by atoms with E-state index in [9.17, 15) is 19.8 Å². The number of carboxylic acid groups (broad SMARTS) is 2. The molecule has 0 saturated heterocycles. The van der Waals surface area contributed by atoms with Crippen molar-refractivity contribution < 1.29 is 29.8 Å². The number of nitrogen functional groups attached to an aromatic ring is 2. The summed E-state index contributed by atoms with van der Waals surface area (Å²) in [6.45, 7) is 0. The zero-order chi connectivity index (χ0) is 16.8. The summed E-state index contributed by atoms with van der Waals surface area (Å²) >= 11 is 0. The Hall–Kier alpha value is -3.16. The fourth-order valence-corrected chi connectivity index (χ4v) is 1.00. The number of nitrogens with two attached hydrogens (primary N) is 2. The smallest absolute Gasteiger partial charge is 0.169 e. The second-order valence-electron chi connectivity index (χ2n) is 3.91. The molecule has 2 rings (SSSR count). The molecule has 0 aliphatic rings. The lowest BCUT2D eigenvalue weighted by Gasteiger charge is -2.00. The molecule has 0 bridgehead atoms. The van der Waals surface area contributed by atoms with E-state index in [1.807, 2.05) is 0 Å². The molecule has 0 saturated carbocycles. The molecular weight excluding hydrogens is 288 g/mol. The number of hydrogen-bond acceptors (Lipinski definition) is 6. The van der Waals surface area contributed by atoms with Gasteiger partial charge in [-0.3, -0.25) is 0 Å². The van der Waals surface area contributed by atoms with Crippen LogP contribution in [0.3, 0.4) is 0 Å². The van der Waals surface area contributed by atoms with Gasteiger partial charge in [0.1, 0.15) is 0 Å². The Morgan fingerprint density at radius 1 is 0.773 bits per heavy atom. The maximum atomic E-state index is 9.50. The lowest BCUT2D eigenvalue weighted by atomic mass is 10.3. The highest BCUT2D eigenvalue weighted by molar-refractivity contribution is 5.72. The van der Waals surface area contributed by atoms with Crippen molar-refractivity contribution in [2.45, 2.75) is 12.8 Å². The molecule has 0 atom stereocenters. The number of carbonyl (C=O) groups excluding carboxylic acids is 2. The first-order valence-corrected chi connectivity index (χ1v) is 6.24. The largest absolute Gasteiger partial charge is 0.550 e. The van der Waals surface area contributed by atoms with Crippen molar-refractivity contribution in [2.75, 3.05) is 11.5 Å². The normalized spacial score (nSPS) is 8.55. The van der Waals surface area contributed by atoms with E-state index in [4.69, 9.17) is 11.5 Å². The van der Waals surface area contributed by atoms with E-state index < -0.39 is 24.8 Å². The Bertz CT molecular complexity index is 498. The standard InChI is InChI=1S/2C5H6N2.C4H6O4/c2*6-5-1-3-7-4-2-5;5-3(6)1-2-4(7)8/h2*1-4H,(H2,6,7);1-2H2,(H,5,6)(H,7,8). The molecule has 8 heteroatoms. The average Bonchev–Trinajstić information content (AvgIpc) is 2.48. The van der Waals surface area contributed by atoms with Gasteiger partial charge >= 0.3 is 0 Å². The molecule has 118 valence electrons. The monoisotopic (exact) mass is 306 g/mol. The minimum atomic E-state index is -1.37. The van der Waals surface area contributed by atoms with Crippen LogP contribution in [0, 0.1) is 0 Å². The van der Waals surface area contributed by atoms with Gasteiger partial charge in [-0.15, -0.1) is 0 Å². The lowest BCUT2D eigenvalue weighted by molar-refractivity contribution is -0.378. The van der Waals surface area contributed by atoms with Crippen molar-refractivity contribution in [3.8, 4) is 0 Å². The predicted molar refractivity (Wildman–Crippen MR) is 74.1 cm³/mol. The van der Waals surface area contributed by atoms with Crippen molar-refractivity contribution in [1.29, 1.82) is 0 Å². The molecule has 0 unspecified atom stereocenters. The number of carbonyl (C=O) groups is 2. The lowest BCUT2D eigenvalue weighted by Crippen LogP contribution is -2.27. The highest BCUT2D eigenvalue weighted by Crippen LogP contribution is 1.90. The van der Waals surface area contributed by atoms with E-state index in [1.54, 1.807) is 49.1 Å². The molecule has 0 aromatic carbocycles. The molecule has 2 heterocycles. The van der Waals surface area contributed by atoms with Gasteiger partial charge in [-0.2, -0.15) is 0 Å². The molecule has 22 heavy (non-hydrogen) atoms. The van der Waals surface area contributed by atoms with Crippen LogP contribution < -0.4 is 31.6 Å². The minimum absolute atomic E-state index is 0.470. The van der Waals surface area contributed by atoms with Crippen LogP contribution >= 0.6 is 0 Å². The van der Waals surface area contributed by atoms with Gasteiger partial charge in [0.05, 0.1) is 0 Å². The number of H-pyrrole nitrogens is 2. The van der Waals surface area contributed by atoms with Crippen LogP contribution in [0.15, 0.2) is 49.1 Å². The minimum Gasteiger partial charge on any atom is -0.550 e. The third kappa shape index (κ3) is 13.3. The second kappa shape index (κ2) is 11.6.